The highest BCUT2D eigenvalue weighted by Crippen LogP contribution is 2.28. The molecule has 96 valence electrons. The zero-order valence-electron chi connectivity index (χ0n) is 10.7. The lowest BCUT2D eigenvalue weighted by Crippen LogP contribution is -2.35. The number of benzene rings is 1. The van der Waals surface area contributed by atoms with E-state index in [4.69, 9.17) is 14.6 Å². The third-order valence-corrected chi connectivity index (χ3v) is 2.70. The number of nitrogens with one attached hydrogen (secondary N) is 1. The van der Waals surface area contributed by atoms with Crippen LogP contribution in [0.25, 0.3) is 0 Å². The normalized spacial score (nSPS) is 12.2. The Kier molecular flexibility index (Phi) is 5.80. The zero-order valence-corrected chi connectivity index (χ0v) is 10.7. The first kappa shape index (κ1) is 13.8. The van der Waals surface area contributed by atoms with Crippen LogP contribution in [-0.4, -0.2) is 38.5 Å². The summed E-state index contributed by atoms with van der Waals surface area (Å²) >= 11 is 0. The standard InChI is InChI=1S/C13H21NO3/c1-4-10-5-6-12(13(7-10)16-3)17-9-11(8-15)14-2/h5-7,11,14-15H,4,8-9H2,1-3H3. The van der Waals surface area contributed by atoms with Gasteiger partial charge < -0.3 is 19.9 Å². The SMILES string of the molecule is CCc1ccc(OCC(CO)NC)c(OC)c1. The summed E-state index contributed by atoms with van der Waals surface area (Å²) < 4.78 is 10.9. The van der Waals surface area contributed by atoms with Crippen LogP contribution in [0, 0.1) is 0 Å². The van der Waals surface area contributed by atoms with Gasteiger partial charge in [-0.1, -0.05) is 13.0 Å². The summed E-state index contributed by atoms with van der Waals surface area (Å²) in [5.74, 6) is 1.44. The number of aryl methyl sites for hydroxylation is 1. The fraction of sp³-hybridized carbons (Fsp3) is 0.538. The number of likely N-dealkylation sites (N-methyl/N-ethyl adjacent to an activating group) is 1. The molecule has 1 unspecified atom stereocenters. The summed E-state index contributed by atoms with van der Waals surface area (Å²) in [6.07, 6.45) is 0.965. The van der Waals surface area contributed by atoms with Crippen molar-refractivity contribution < 1.29 is 14.6 Å². The lowest BCUT2D eigenvalue weighted by Gasteiger charge is -2.16. The molecule has 2 N–H and O–H groups in total. The van der Waals surface area contributed by atoms with Crippen molar-refractivity contribution in [3.8, 4) is 11.5 Å². The van der Waals surface area contributed by atoms with Gasteiger partial charge in [0.25, 0.3) is 0 Å². The van der Waals surface area contributed by atoms with E-state index in [9.17, 15) is 0 Å². The molecule has 4 nitrogen and oxygen atoms in total. The Hall–Kier alpha value is -1.26. The Morgan fingerprint density at radius 3 is 2.65 bits per heavy atom. The van der Waals surface area contributed by atoms with Crippen molar-refractivity contribution in [2.24, 2.45) is 0 Å². The Morgan fingerprint density at radius 1 is 1.35 bits per heavy atom. The van der Waals surface area contributed by atoms with Crippen LogP contribution in [0.2, 0.25) is 0 Å². The number of aliphatic hydroxyl groups is 1. The summed E-state index contributed by atoms with van der Waals surface area (Å²) in [5.41, 5.74) is 1.21. The molecule has 1 atom stereocenters. The second kappa shape index (κ2) is 7.14. The van der Waals surface area contributed by atoms with Gasteiger partial charge in [0.2, 0.25) is 0 Å². The van der Waals surface area contributed by atoms with Gasteiger partial charge in [0.15, 0.2) is 11.5 Å². The van der Waals surface area contributed by atoms with E-state index >= 15 is 0 Å². The quantitative estimate of drug-likeness (QED) is 0.751. The molecule has 0 spiro atoms. The van der Waals surface area contributed by atoms with Gasteiger partial charge in [0.05, 0.1) is 19.8 Å². The van der Waals surface area contributed by atoms with E-state index in [2.05, 4.69) is 12.2 Å². The maximum atomic E-state index is 9.04. The van der Waals surface area contributed by atoms with Crippen molar-refractivity contribution in [1.29, 1.82) is 0 Å². The van der Waals surface area contributed by atoms with Gasteiger partial charge in [0.1, 0.15) is 6.61 Å². The van der Waals surface area contributed by atoms with E-state index in [1.807, 2.05) is 18.2 Å². The lowest BCUT2D eigenvalue weighted by molar-refractivity contribution is 0.185. The van der Waals surface area contributed by atoms with Gasteiger partial charge in [-0.25, -0.2) is 0 Å². The molecule has 0 radical (unpaired) electrons. The highest BCUT2D eigenvalue weighted by atomic mass is 16.5. The number of hydrogen-bond donors (Lipinski definition) is 2. The minimum Gasteiger partial charge on any atom is -0.493 e. The Labute approximate surface area is 103 Å². The lowest BCUT2D eigenvalue weighted by atomic mass is 10.1. The Morgan fingerprint density at radius 2 is 2.12 bits per heavy atom. The number of aliphatic hydroxyl groups excluding tert-OH is 1. The van der Waals surface area contributed by atoms with Crippen molar-refractivity contribution >= 4 is 0 Å². The maximum Gasteiger partial charge on any atom is 0.161 e. The Bertz CT molecular complexity index is 337. The van der Waals surface area contributed by atoms with Crippen molar-refractivity contribution in [1.82, 2.24) is 5.32 Å². The van der Waals surface area contributed by atoms with Gasteiger partial charge >= 0.3 is 0 Å². The molecular formula is C13H21NO3. The third kappa shape index (κ3) is 3.91. The molecule has 17 heavy (non-hydrogen) atoms. The highest BCUT2D eigenvalue weighted by Gasteiger charge is 2.09. The topological polar surface area (TPSA) is 50.7 Å². The zero-order chi connectivity index (χ0) is 12.7. The monoisotopic (exact) mass is 239 g/mol. The summed E-state index contributed by atoms with van der Waals surface area (Å²) in [5, 5.41) is 12.0. The van der Waals surface area contributed by atoms with Gasteiger partial charge in [-0.05, 0) is 31.2 Å². The molecule has 0 aliphatic heterocycles. The maximum absolute atomic E-state index is 9.04. The molecule has 0 fully saturated rings. The number of rotatable bonds is 7. The van der Waals surface area contributed by atoms with E-state index < -0.39 is 0 Å². The molecule has 0 saturated heterocycles. The second-order valence-corrected chi connectivity index (χ2v) is 3.82. The third-order valence-electron chi connectivity index (χ3n) is 2.70. The summed E-state index contributed by atoms with van der Waals surface area (Å²) in [6.45, 7) is 2.55. The second-order valence-electron chi connectivity index (χ2n) is 3.82. The molecule has 0 bridgehead atoms. The average molecular weight is 239 g/mol. The van der Waals surface area contributed by atoms with Crippen molar-refractivity contribution in [2.45, 2.75) is 19.4 Å². The van der Waals surface area contributed by atoms with Crippen LogP contribution in [-0.2, 0) is 6.42 Å². The van der Waals surface area contributed by atoms with E-state index in [0.717, 1.165) is 12.2 Å². The number of ether oxygens (including phenoxy) is 2. The Balaban J connectivity index is 2.70. The van der Waals surface area contributed by atoms with Crippen molar-refractivity contribution in [3.63, 3.8) is 0 Å². The summed E-state index contributed by atoms with van der Waals surface area (Å²) in [7, 11) is 3.42. The van der Waals surface area contributed by atoms with Gasteiger partial charge in [-0.2, -0.15) is 0 Å². The molecule has 4 heteroatoms. The highest BCUT2D eigenvalue weighted by molar-refractivity contribution is 5.42. The van der Waals surface area contributed by atoms with Crippen LogP contribution in [0.3, 0.4) is 0 Å². The average Bonchev–Trinajstić information content (AvgIpc) is 2.39. The van der Waals surface area contributed by atoms with E-state index in [1.54, 1.807) is 14.2 Å². The predicted octanol–water partition coefficient (Wildman–Crippen LogP) is 1.22. The van der Waals surface area contributed by atoms with Crippen molar-refractivity contribution in [2.75, 3.05) is 27.4 Å². The molecule has 1 aromatic carbocycles. The molecule has 0 aliphatic rings. The number of methoxy groups -OCH3 is 1. The smallest absolute Gasteiger partial charge is 0.161 e. The summed E-state index contributed by atoms with van der Waals surface area (Å²) in [6, 6.07) is 5.83. The van der Waals surface area contributed by atoms with E-state index in [1.165, 1.54) is 5.56 Å². The van der Waals surface area contributed by atoms with E-state index in [-0.39, 0.29) is 12.6 Å². The van der Waals surface area contributed by atoms with Crippen LogP contribution >= 0.6 is 0 Å². The molecule has 0 amide bonds. The van der Waals surface area contributed by atoms with Gasteiger partial charge in [-0.3, -0.25) is 0 Å². The molecule has 1 aromatic rings. The molecular weight excluding hydrogens is 218 g/mol. The van der Waals surface area contributed by atoms with Crippen LogP contribution in [0.5, 0.6) is 11.5 Å². The first-order valence-electron chi connectivity index (χ1n) is 5.83. The molecule has 0 aliphatic carbocycles. The minimum atomic E-state index is -0.0643. The van der Waals surface area contributed by atoms with Gasteiger partial charge in [0, 0.05) is 0 Å². The van der Waals surface area contributed by atoms with Gasteiger partial charge in [-0.15, -0.1) is 0 Å². The number of hydrogen-bond acceptors (Lipinski definition) is 4. The minimum absolute atomic E-state index is 0.0475. The van der Waals surface area contributed by atoms with Crippen LogP contribution < -0.4 is 14.8 Å². The fourth-order valence-electron chi connectivity index (χ4n) is 1.47. The van der Waals surface area contributed by atoms with Crippen molar-refractivity contribution in [3.05, 3.63) is 23.8 Å². The van der Waals surface area contributed by atoms with Crippen LogP contribution in [0.15, 0.2) is 18.2 Å². The molecule has 0 heterocycles. The first-order chi connectivity index (χ1) is 8.24. The van der Waals surface area contributed by atoms with Crippen LogP contribution in [0.4, 0.5) is 0 Å². The first-order valence-corrected chi connectivity index (χ1v) is 5.83. The van der Waals surface area contributed by atoms with Crippen LogP contribution in [0.1, 0.15) is 12.5 Å². The predicted molar refractivity (Wildman–Crippen MR) is 67.8 cm³/mol. The molecule has 0 aromatic heterocycles. The molecule has 0 saturated carbocycles. The molecule has 1 rings (SSSR count). The largest absolute Gasteiger partial charge is 0.493 e. The van der Waals surface area contributed by atoms with E-state index in [0.29, 0.717) is 12.4 Å². The summed E-state index contributed by atoms with van der Waals surface area (Å²) in [4.78, 5) is 0. The fourth-order valence-corrected chi connectivity index (χ4v) is 1.47.